The highest BCUT2D eigenvalue weighted by molar-refractivity contribution is 8.00. The van der Waals surface area contributed by atoms with Gasteiger partial charge in [-0.25, -0.2) is 0 Å². The molecule has 0 atom stereocenters. The first kappa shape index (κ1) is 16.1. The van der Waals surface area contributed by atoms with Crippen LogP contribution in [0.4, 0.5) is 11.4 Å². The van der Waals surface area contributed by atoms with E-state index in [4.69, 9.17) is 0 Å². The van der Waals surface area contributed by atoms with Crippen molar-refractivity contribution < 1.29 is 9.59 Å². The Bertz CT molecular complexity index is 669. The predicted molar refractivity (Wildman–Crippen MR) is 91.3 cm³/mol. The summed E-state index contributed by atoms with van der Waals surface area (Å²) in [5.41, 5.74) is 2.40. The summed E-state index contributed by atoms with van der Waals surface area (Å²) in [6, 6.07) is 15.2. The van der Waals surface area contributed by atoms with Crippen molar-refractivity contribution in [3.05, 3.63) is 54.1 Å². The van der Waals surface area contributed by atoms with Crippen LogP contribution in [0.25, 0.3) is 0 Å². The molecule has 0 spiro atoms. The lowest BCUT2D eigenvalue weighted by Gasteiger charge is -2.11. The summed E-state index contributed by atoms with van der Waals surface area (Å²) in [5, 5.41) is 5.52. The monoisotopic (exact) mass is 314 g/mol. The number of benzene rings is 2. The first-order chi connectivity index (χ1) is 10.5. The minimum Gasteiger partial charge on any atom is -0.325 e. The molecule has 22 heavy (non-hydrogen) atoms. The van der Waals surface area contributed by atoms with Gasteiger partial charge >= 0.3 is 0 Å². The third kappa shape index (κ3) is 4.93. The Kier molecular flexibility index (Phi) is 5.61. The average molecular weight is 314 g/mol. The molecule has 0 saturated carbocycles. The molecule has 2 rings (SSSR count). The van der Waals surface area contributed by atoms with Crippen molar-refractivity contribution in [1.82, 2.24) is 0 Å². The van der Waals surface area contributed by atoms with E-state index in [-0.39, 0.29) is 11.8 Å². The summed E-state index contributed by atoms with van der Waals surface area (Å²) in [7, 11) is 0. The number of aryl methyl sites for hydroxylation is 1. The molecule has 0 saturated heterocycles. The Morgan fingerprint density at radius 3 is 2.14 bits per heavy atom. The Hall–Kier alpha value is -2.27. The number of hydrogen-bond acceptors (Lipinski definition) is 3. The molecule has 0 heterocycles. The van der Waals surface area contributed by atoms with Gasteiger partial charge < -0.3 is 10.6 Å². The second kappa shape index (κ2) is 7.66. The molecule has 0 aliphatic rings. The van der Waals surface area contributed by atoms with E-state index in [2.05, 4.69) is 10.6 Å². The van der Waals surface area contributed by atoms with E-state index in [9.17, 15) is 9.59 Å². The quantitative estimate of drug-likeness (QED) is 0.828. The second-order valence-electron chi connectivity index (χ2n) is 4.88. The summed E-state index contributed by atoms with van der Waals surface area (Å²) >= 11 is 1.48. The van der Waals surface area contributed by atoms with Gasteiger partial charge in [0.25, 0.3) is 0 Å². The summed E-state index contributed by atoms with van der Waals surface area (Å²) in [6.45, 7) is 3.46. The number of anilines is 2. The van der Waals surface area contributed by atoms with Crippen molar-refractivity contribution in [3.63, 3.8) is 0 Å². The molecule has 114 valence electrons. The Labute approximate surface area is 134 Å². The molecule has 0 aliphatic heterocycles. The lowest BCUT2D eigenvalue weighted by atomic mass is 10.2. The Morgan fingerprint density at radius 1 is 0.955 bits per heavy atom. The average Bonchev–Trinajstić information content (AvgIpc) is 2.48. The number of rotatable bonds is 5. The zero-order valence-corrected chi connectivity index (χ0v) is 13.4. The van der Waals surface area contributed by atoms with Crippen LogP contribution in [0.15, 0.2) is 53.4 Å². The minimum atomic E-state index is -0.171. The highest BCUT2D eigenvalue weighted by Gasteiger charge is 2.08. The van der Waals surface area contributed by atoms with E-state index in [0.717, 1.165) is 4.90 Å². The zero-order valence-electron chi connectivity index (χ0n) is 12.6. The first-order valence-corrected chi connectivity index (χ1v) is 7.89. The standard InChI is InChI=1S/C17H18N2O2S/c1-12-7-9-14(10-8-12)22-11-17(21)19-16-6-4-3-5-15(16)18-13(2)20/h3-10H,11H2,1-2H3,(H,18,20)(H,19,21). The van der Waals surface area contributed by atoms with Crippen LogP contribution < -0.4 is 10.6 Å². The fraction of sp³-hybridized carbons (Fsp3) is 0.176. The molecule has 4 nitrogen and oxygen atoms in total. The number of para-hydroxylation sites is 2. The SMILES string of the molecule is CC(=O)Nc1ccccc1NC(=O)CSc1ccc(C)cc1. The number of carbonyl (C=O) groups excluding carboxylic acids is 2. The molecule has 0 aromatic heterocycles. The highest BCUT2D eigenvalue weighted by Crippen LogP contribution is 2.22. The summed E-state index contributed by atoms with van der Waals surface area (Å²) < 4.78 is 0. The van der Waals surface area contributed by atoms with Crippen molar-refractivity contribution >= 4 is 35.0 Å². The molecule has 5 heteroatoms. The maximum Gasteiger partial charge on any atom is 0.234 e. The van der Waals surface area contributed by atoms with Gasteiger partial charge in [-0.1, -0.05) is 29.8 Å². The number of nitrogens with one attached hydrogen (secondary N) is 2. The van der Waals surface area contributed by atoms with Crippen molar-refractivity contribution in [2.75, 3.05) is 16.4 Å². The third-order valence-electron chi connectivity index (χ3n) is 2.90. The number of carbonyl (C=O) groups is 2. The van der Waals surface area contributed by atoms with Crippen LogP contribution in [0.1, 0.15) is 12.5 Å². The van der Waals surface area contributed by atoms with Crippen LogP contribution >= 0.6 is 11.8 Å². The van der Waals surface area contributed by atoms with E-state index in [1.807, 2.05) is 43.3 Å². The van der Waals surface area contributed by atoms with Gasteiger partial charge in [0.15, 0.2) is 0 Å². The highest BCUT2D eigenvalue weighted by atomic mass is 32.2. The zero-order chi connectivity index (χ0) is 15.9. The topological polar surface area (TPSA) is 58.2 Å². The molecule has 2 aromatic carbocycles. The van der Waals surface area contributed by atoms with E-state index < -0.39 is 0 Å². The van der Waals surface area contributed by atoms with Gasteiger partial charge in [0, 0.05) is 11.8 Å². The maximum absolute atomic E-state index is 12.0. The molecule has 0 radical (unpaired) electrons. The van der Waals surface area contributed by atoms with Gasteiger partial charge in [-0.15, -0.1) is 11.8 Å². The van der Waals surface area contributed by atoms with Crippen molar-refractivity contribution in [2.45, 2.75) is 18.7 Å². The lowest BCUT2D eigenvalue weighted by molar-refractivity contribution is -0.115. The minimum absolute atomic E-state index is 0.108. The Balaban J connectivity index is 1.94. The molecular formula is C17H18N2O2S. The normalized spacial score (nSPS) is 10.1. The smallest absolute Gasteiger partial charge is 0.234 e. The lowest BCUT2D eigenvalue weighted by Crippen LogP contribution is -2.16. The number of amides is 2. The molecule has 2 aromatic rings. The molecule has 0 fully saturated rings. The van der Waals surface area contributed by atoms with Gasteiger partial charge in [0.1, 0.15) is 0 Å². The van der Waals surface area contributed by atoms with Gasteiger partial charge in [-0.05, 0) is 31.2 Å². The molecule has 0 bridgehead atoms. The van der Waals surface area contributed by atoms with Gasteiger partial charge in [0.2, 0.25) is 11.8 Å². The van der Waals surface area contributed by atoms with Crippen molar-refractivity contribution in [1.29, 1.82) is 0 Å². The van der Waals surface area contributed by atoms with Crippen LogP contribution in [-0.4, -0.2) is 17.6 Å². The predicted octanol–water partition coefficient (Wildman–Crippen LogP) is 3.68. The summed E-state index contributed by atoms with van der Waals surface area (Å²) in [6.07, 6.45) is 0. The van der Waals surface area contributed by atoms with E-state index >= 15 is 0 Å². The fourth-order valence-electron chi connectivity index (χ4n) is 1.86. The van der Waals surface area contributed by atoms with E-state index in [0.29, 0.717) is 17.1 Å². The number of hydrogen-bond donors (Lipinski definition) is 2. The summed E-state index contributed by atoms with van der Waals surface area (Å²) in [4.78, 5) is 24.3. The molecule has 0 unspecified atom stereocenters. The van der Waals surface area contributed by atoms with Gasteiger partial charge in [-0.3, -0.25) is 9.59 Å². The second-order valence-corrected chi connectivity index (χ2v) is 5.93. The number of thioether (sulfide) groups is 1. The maximum atomic E-state index is 12.0. The van der Waals surface area contributed by atoms with Crippen LogP contribution in [0, 0.1) is 6.92 Å². The van der Waals surface area contributed by atoms with Gasteiger partial charge in [-0.2, -0.15) is 0 Å². The Morgan fingerprint density at radius 2 is 1.55 bits per heavy atom. The van der Waals surface area contributed by atoms with Crippen LogP contribution in [0.5, 0.6) is 0 Å². The van der Waals surface area contributed by atoms with Crippen LogP contribution in [0.3, 0.4) is 0 Å². The molecule has 0 aliphatic carbocycles. The van der Waals surface area contributed by atoms with Crippen LogP contribution in [-0.2, 0) is 9.59 Å². The largest absolute Gasteiger partial charge is 0.325 e. The van der Waals surface area contributed by atoms with E-state index in [1.165, 1.54) is 24.2 Å². The van der Waals surface area contributed by atoms with Crippen molar-refractivity contribution in [2.24, 2.45) is 0 Å². The first-order valence-electron chi connectivity index (χ1n) is 6.90. The third-order valence-corrected chi connectivity index (χ3v) is 3.91. The molecular weight excluding hydrogens is 296 g/mol. The molecule has 2 amide bonds. The van der Waals surface area contributed by atoms with Crippen molar-refractivity contribution in [3.8, 4) is 0 Å². The van der Waals surface area contributed by atoms with Crippen LogP contribution in [0.2, 0.25) is 0 Å². The van der Waals surface area contributed by atoms with E-state index in [1.54, 1.807) is 12.1 Å². The molecule has 2 N–H and O–H groups in total. The van der Waals surface area contributed by atoms with Gasteiger partial charge in [0.05, 0.1) is 17.1 Å². The fourth-order valence-corrected chi connectivity index (χ4v) is 2.56. The summed E-state index contributed by atoms with van der Waals surface area (Å²) in [5.74, 6) is 0.0383.